The Morgan fingerprint density at radius 2 is 2.00 bits per heavy atom. The third kappa shape index (κ3) is 3.36. The Morgan fingerprint density at radius 1 is 1.44 bits per heavy atom. The molecule has 0 aliphatic rings. The zero-order valence-electron chi connectivity index (χ0n) is 9.16. The second kappa shape index (κ2) is 5.27. The van der Waals surface area contributed by atoms with Gasteiger partial charge in [0, 0.05) is 12.1 Å². The maximum atomic E-state index is 11.2. The van der Waals surface area contributed by atoms with E-state index in [1.54, 1.807) is 19.1 Å². The number of carbonyl (C=O) groups excluding carboxylic acids is 1. The van der Waals surface area contributed by atoms with E-state index in [0.717, 1.165) is 5.56 Å². The molecule has 16 heavy (non-hydrogen) atoms. The largest absolute Gasteiger partial charge is 0.384 e. The predicted octanol–water partition coefficient (Wildman–Crippen LogP) is -0.0659. The van der Waals surface area contributed by atoms with Gasteiger partial charge >= 0.3 is 0 Å². The van der Waals surface area contributed by atoms with E-state index in [9.17, 15) is 4.79 Å². The summed E-state index contributed by atoms with van der Waals surface area (Å²) in [5.41, 5.74) is 12.3. The van der Waals surface area contributed by atoms with E-state index in [0.29, 0.717) is 12.1 Å². The number of rotatable bonds is 4. The van der Waals surface area contributed by atoms with Crippen molar-refractivity contribution in [1.29, 1.82) is 5.41 Å². The fourth-order valence-electron chi connectivity index (χ4n) is 1.15. The summed E-state index contributed by atoms with van der Waals surface area (Å²) in [5, 5.41) is 9.92. The smallest absolute Gasteiger partial charge is 0.236 e. The van der Waals surface area contributed by atoms with Crippen LogP contribution in [0.25, 0.3) is 0 Å². The highest BCUT2D eigenvalue weighted by Crippen LogP contribution is 2.03. The van der Waals surface area contributed by atoms with Crippen LogP contribution in [-0.2, 0) is 11.3 Å². The van der Waals surface area contributed by atoms with E-state index in [4.69, 9.17) is 16.9 Å². The molecule has 0 aliphatic carbocycles. The fourth-order valence-corrected chi connectivity index (χ4v) is 1.15. The molecule has 0 bridgehead atoms. The summed E-state index contributed by atoms with van der Waals surface area (Å²) < 4.78 is 0. The van der Waals surface area contributed by atoms with Crippen LogP contribution in [0.5, 0.6) is 0 Å². The number of hydrogen-bond acceptors (Lipinski definition) is 3. The van der Waals surface area contributed by atoms with Crippen LogP contribution in [0.4, 0.5) is 0 Å². The summed E-state index contributed by atoms with van der Waals surface area (Å²) in [4.78, 5) is 11.2. The molecule has 86 valence electrons. The van der Waals surface area contributed by atoms with Crippen molar-refractivity contribution in [2.24, 2.45) is 11.5 Å². The van der Waals surface area contributed by atoms with Crippen LogP contribution < -0.4 is 16.8 Å². The van der Waals surface area contributed by atoms with Crippen molar-refractivity contribution in [3.8, 4) is 0 Å². The van der Waals surface area contributed by atoms with Gasteiger partial charge in [0.2, 0.25) is 5.91 Å². The third-order valence-corrected chi connectivity index (χ3v) is 2.15. The number of nitrogens with one attached hydrogen (secondary N) is 2. The van der Waals surface area contributed by atoms with Crippen molar-refractivity contribution in [2.45, 2.75) is 19.5 Å². The minimum Gasteiger partial charge on any atom is -0.384 e. The fraction of sp³-hybridized carbons (Fsp3) is 0.273. The molecule has 1 aromatic carbocycles. The van der Waals surface area contributed by atoms with E-state index >= 15 is 0 Å². The molecule has 0 aliphatic heterocycles. The molecule has 0 spiro atoms. The van der Waals surface area contributed by atoms with Crippen molar-refractivity contribution in [1.82, 2.24) is 5.32 Å². The normalized spacial score (nSPS) is 11.9. The lowest BCUT2D eigenvalue weighted by atomic mass is 10.1. The molecule has 0 aromatic heterocycles. The molecule has 1 amide bonds. The standard InChI is InChI=1S/C11H16N4O/c1-7(12)11(16)15-6-8-2-4-9(5-3-8)10(13)14/h2-5,7H,6,12H2,1H3,(H3,13,14)(H,15,16)/t7-/m0/s1. The number of nitrogens with two attached hydrogens (primary N) is 2. The molecule has 0 unspecified atom stereocenters. The van der Waals surface area contributed by atoms with Crippen LogP contribution in [0, 0.1) is 5.41 Å². The molecule has 5 heteroatoms. The maximum absolute atomic E-state index is 11.2. The summed E-state index contributed by atoms with van der Waals surface area (Å²) in [7, 11) is 0. The Kier molecular flexibility index (Phi) is 4.02. The molecular weight excluding hydrogens is 204 g/mol. The van der Waals surface area contributed by atoms with Gasteiger partial charge in [-0.2, -0.15) is 0 Å². The van der Waals surface area contributed by atoms with Crippen LogP contribution >= 0.6 is 0 Å². The van der Waals surface area contributed by atoms with Gasteiger partial charge in [0.25, 0.3) is 0 Å². The number of amidine groups is 1. The highest BCUT2D eigenvalue weighted by atomic mass is 16.2. The van der Waals surface area contributed by atoms with Crippen molar-refractivity contribution >= 4 is 11.7 Å². The van der Waals surface area contributed by atoms with Crippen molar-refractivity contribution in [2.75, 3.05) is 0 Å². The maximum Gasteiger partial charge on any atom is 0.236 e. The van der Waals surface area contributed by atoms with Crippen molar-refractivity contribution in [3.63, 3.8) is 0 Å². The summed E-state index contributed by atoms with van der Waals surface area (Å²) in [6.07, 6.45) is 0. The minimum atomic E-state index is -0.503. The molecule has 0 radical (unpaired) electrons. The highest BCUT2D eigenvalue weighted by molar-refractivity contribution is 5.94. The second-order valence-corrected chi connectivity index (χ2v) is 3.62. The van der Waals surface area contributed by atoms with E-state index in [1.165, 1.54) is 0 Å². The molecule has 0 heterocycles. The first-order valence-corrected chi connectivity index (χ1v) is 4.97. The van der Waals surface area contributed by atoms with E-state index in [2.05, 4.69) is 5.32 Å². The first kappa shape index (κ1) is 12.2. The average molecular weight is 220 g/mol. The minimum absolute atomic E-state index is 0.0335. The Balaban J connectivity index is 2.56. The Bertz CT molecular complexity index is 383. The Hall–Kier alpha value is -1.88. The van der Waals surface area contributed by atoms with E-state index in [1.807, 2.05) is 12.1 Å². The molecule has 1 atom stereocenters. The monoisotopic (exact) mass is 220 g/mol. The van der Waals surface area contributed by atoms with E-state index in [-0.39, 0.29) is 11.7 Å². The van der Waals surface area contributed by atoms with Crippen LogP contribution in [0.15, 0.2) is 24.3 Å². The molecule has 1 aromatic rings. The van der Waals surface area contributed by atoms with Gasteiger partial charge in [-0.1, -0.05) is 24.3 Å². The molecule has 0 saturated heterocycles. The second-order valence-electron chi connectivity index (χ2n) is 3.62. The van der Waals surface area contributed by atoms with Crippen LogP contribution in [-0.4, -0.2) is 17.8 Å². The first-order valence-electron chi connectivity index (χ1n) is 4.97. The SMILES string of the molecule is C[C@H](N)C(=O)NCc1ccc(C(=N)N)cc1. The van der Waals surface area contributed by atoms with Gasteiger partial charge in [-0.25, -0.2) is 0 Å². The molecule has 5 nitrogen and oxygen atoms in total. The van der Waals surface area contributed by atoms with Crippen molar-refractivity contribution < 1.29 is 4.79 Å². The van der Waals surface area contributed by atoms with Gasteiger partial charge in [-0.05, 0) is 12.5 Å². The van der Waals surface area contributed by atoms with Crippen LogP contribution in [0.1, 0.15) is 18.1 Å². The highest BCUT2D eigenvalue weighted by Gasteiger charge is 2.06. The molecular formula is C11H16N4O. The summed E-state index contributed by atoms with van der Waals surface area (Å²) in [5.74, 6) is -0.151. The first-order chi connectivity index (χ1) is 7.50. The number of carbonyl (C=O) groups is 1. The van der Waals surface area contributed by atoms with Gasteiger partial charge in [0.15, 0.2) is 0 Å². The summed E-state index contributed by atoms with van der Waals surface area (Å²) in [6.45, 7) is 2.06. The van der Waals surface area contributed by atoms with Crippen LogP contribution in [0.3, 0.4) is 0 Å². The lowest BCUT2D eigenvalue weighted by Crippen LogP contribution is -2.37. The topological polar surface area (TPSA) is 105 Å². The molecule has 0 saturated carbocycles. The summed E-state index contributed by atoms with van der Waals surface area (Å²) in [6, 6.07) is 6.62. The lowest BCUT2D eigenvalue weighted by Gasteiger charge is -2.08. The average Bonchev–Trinajstić information content (AvgIpc) is 2.26. The Labute approximate surface area is 94.3 Å². The van der Waals surface area contributed by atoms with Gasteiger partial charge < -0.3 is 16.8 Å². The predicted molar refractivity (Wildman–Crippen MR) is 63.0 cm³/mol. The zero-order chi connectivity index (χ0) is 12.1. The van der Waals surface area contributed by atoms with Gasteiger partial charge in [0.05, 0.1) is 6.04 Å². The number of nitrogen functional groups attached to an aromatic ring is 1. The van der Waals surface area contributed by atoms with Gasteiger partial charge in [0.1, 0.15) is 5.84 Å². The van der Waals surface area contributed by atoms with Gasteiger partial charge in [-0.15, -0.1) is 0 Å². The quantitative estimate of drug-likeness (QED) is 0.421. The van der Waals surface area contributed by atoms with Gasteiger partial charge in [-0.3, -0.25) is 10.2 Å². The molecule has 1 rings (SSSR count). The number of hydrogen-bond donors (Lipinski definition) is 4. The van der Waals surface area contributed by atoms with Crippen LogP contribution in [0.2, 0.25) is 0 Å². The third-order valence-electron chi connectivity index (χ3n) is 2.15. The summed E-state index contributed by atoms with van der Waals surface area (Å²) >= 11 is 0. The zero-order valence-corrected chi connectivity index (χ0v) is 9.16. The number of benzene rings is 1. The Morgan fingerprint density at radius 3 is 2.44 bits per heavy atom. The molecule has 6 N–H and O–H groups in total. The van der Waals surface area contributed by atoms with Crippen molar-refractivity contribution in [3.05, 3.63) is 35.4 Å². The van der Waals surface area contributed by atoms with E-state index < -0.39 is 6.04 Å². The number of amides is 1. The molecule has 0 fully saturated rings. The lowest BCUT2D eigenvalue weighted by molar-refractivity contribution is -0.122.